The van der Waals surface area contributed by atoms with Crippen molar-refractivity contribution in [3.8, 4) is 0 Å². The highest BCUT2D eigenvalue weighted by Gasteiger charge is 2.31. The van der Waals surface area contributed by atoms with E-state index in [2.05, 4.69) is 27.9 Å². The number of carbonyl (C=O) groups is 2. The average molecular weight is 410 g/mol. The molecule has 2 aromatic rings. The smallest absolute Gasteiger partial charge is 0.290 e. The molecule has 8 nitrogen and oxygen atoms in total. The zero-order valence-corrected chi connectivity index (χ0v) is 16.3. The van der Waals surface area contributed by atoms with Crippen molar-refractivity contribution in [1.82, 2.24) is 9.88 Å². The number of rotatable bonds is 1. The van der Waals surface area contributed by atoms with Crippen LogP contribution in [0.25, 0.3) is 10.9 Å². The van der Waals surface area contributed by atoms with Gasteiger partial charge in [-0.1, -0.05) is 11.6 Å². The van der Waals surface area contributed by atoms with E-state index in [9.17, 15) is 0 Å². The molecular weight excluding hydrogens is 386 g/mol. The monoisotopic (exact) mass is 409 g/mol. The molecule has 0 aliphatic carbocycles. The molecule has 0 amide bonds. The van der Waals surface area contributed by atoms with Crippen molar-refractivity contribution < 1.29 is 24.5 Å². The van der Waals surface area contributed by atoms with Crippen LogP contribution < -0.4 is 4.90 Å². The Bertz CT molecular complexity index is 785. The van der Waals surface area contributed by atoms with Gasteiger partial charge in [-0.05, 0) is 31.3 Å². The SMILES string of the molecule is CN1C[C@H]2COC[C@@H]1CN(c1ccnc3ccc(Cl)cc13)C2.O=CO.O=CO. The number of ether oxygens (including phenoxy) is 1. The summed E-state index contributed by atoms with van der Waals surface area (Å²) in [6.07, 6.45) is 1.90. The second kappa shape index (κ2) is 10.8. The summed E-state index contributed by atoms with van der Waals surface area (Å²) >= 11 is 6.21. The van der Waals surface area contributed by atoms with E-state index in [4.69, 9.17) is 36.1 Å². The molecule has 2 saturated heterocycles. The molecule has 9 heteroatoms. The summed E-state index contributed by atoms with van der Waals surface area (Å²) in [5.41, 5.74) is 2.24. The molecule has 0 unspecified atom stereocenters. The van der Waals surface area contributed by atoms with Crippen LogP contribution >= 0.6 is 11.6 Å². The third-order valence-electron chi connectivity index (χ3n) is 4.76. The van der Waals surface area contributed by atoms with Crippen LogP contribution in [0.2, 0.25) is 5.02 Å². The second-order valence-corrected chi connectivity index (χ2v) is 7.04. The predicted octanol–water partition coefficient (Wildman–Crippen LogP) is 2.06. The van der Waals surface area contributed by atoms with Crippen molar-refractivity contribution >= 4 is 41.1 Å². The largest absolute Gasteiger partial charge is 0.483 e. The van der Waals surface area contributed by atoms with E-state index in [-0.39, 0.29) is 12.9 Å². The van der Waals surface area contributed by atoms with Gasteiger partial charge in [-0.3, -0.25) is 19.5 Å². The van der Waals surface area contributed by atoms with Gasteiger partial charge in [-0.25, -0.2) is 0 Å². The molecule has 28 heavy (non-hydrogen) atoms. The number of halogens is 1. The number of benzene rings is 1. The van der Waals surface area contributed by atoms with Gasteiger partial charge < -0.3 is 19.8 Å². The van der Waals surface area contributed by atoms with Crippen LogP contribution in [0.3, 0.4) is 0 Å². The first-order chi connectivity index (χ1) is 13.5. The van der Waals surface area contributed by atoms with Gasteiger partial charge in [0, 0.05) is 47.8 Å². The minimum absolute atomic E-state index is 0.250. The van der Waals surface area contributed by atoms with Crippen LogP contribution in [0.15, 0.2) is 30.5 Å². The van der Waals surface area contributed by atoms with E-state index < -0.39 is 0 Å². The van der Waals surface area contributed by atoms with Gasteiger partial charge in [-0.2, -0.15) is 0 Å². The fourth-order valence-electron chi connectivity index (χ4n) is 3.63. The van der Waals surface area contributed by atoms with Crippen molar-refractivity contribution in [3.05, 3.63) is 35.5 Å². The standard InChI is InChI=1S/C17H20ClN3O.2CH2O2/c1-20-7-12-8-21(9-14(20)11-22-10-12)17-4-5-19-16-3-2-13(18)6-15(16)17;2*2-1-3/h2-6,12,14H,7-11H2,1H3;2*1H,(H,2,3)/t12-,14+;;/m1../s1. The molecule has 2 atom stereocenters. The molecule has 0 spiro atoms. The summed E-state index contributed by atoms with van der Waals surface area (Å²) in [6, 6.07) is 8.48. The number of nitrogens with zero attached hydrogens (tertiary/aromatic N) is 3. The van der Waals surface area contributed by atoms with Gasteiger partial charge in [0.1, 0.15) is 0 Å². The Balaban J connectivity index is 0.000000418. The Morgan fingerprint density at radius 2 is 1.86 bits per heavy atom. The molecule has 152 valence electrons. The Morgan fingerprint density at radius 1 is 1.14 bits per heavy atom. The molecule has 2 fully saturated rings. The summed E-state index contributed by atoms with van der Waals surface area (Å²) in [4.78, 5) is 26.1. The quantitative estimate of drug-likeness (QED) is 0.690. The summed E-state index contributed by atoms with van der Waals surface area (Å²) in [5, 5.41) is 15.7. The first-order valence-electron chi connectivity index (χ1n) is 8.76. The van der Waals surface area contributed by atoms with Crippen LogP contribution in [0.1, 0.15) is 0 Å². The van der Waals surface area contributed by atoms with E-state index in [0.29, 0.717) is 12.0 Å². The Morgan fingerprint density at radius 3 is 2.57 bits per heavy atom. The Hall–Kier alpha value is -2.42. The molecule has 4 rings (SSSR count). The highest BCUT2D eigenvalue weighted by atomic mass is 35.5. The molecule has 0 radical (unpaired) electrons. The van der Waals surface area contributed by atoms with E-state index in [1.54, 1.807) is 0 Å². The lowest BCUT2D eigenvalue weighted by Gasteiger charge is -2.32. The highest BCUT2D eigenvalue weighted by molar-refractivity contribution is 6.31. The molecule has 2 bridgehead atoms. The normalized spacial score (nSPS) is 21.4. The van der Waals surface area contributed by atoms with Crippen molar-refractivity contribution in [1.29, 1.82) is 0 Å². The minimum Gasteiger partial charge on any atom is -0.483 e. The van der Waals surface area contributed by atoms with Crippen LogP contribution in [-0.4, -0.2) is 79.0 Å². The van der Waals surface area contributed by atoms with E-state index >= 15 is 0 Å². The van der Waals surface area contributed by atoms with Crippen LogP contribution in [0.5, 0.6) is 0 Å². The molecule has 2 aliphatic heterocycles. The first-order valence-corrected chi connectivity index (χ1v) is 9.14. The maximum absolute atomic E-state index is 8.36. The predicted molar refractivity (Wildman–Crippen MR) is 107 cm³/mol. The number of anilines is 1. The maximum atomic E-state index is 8.36. The number of carboxylic acid groups (broad SMARTS) is 2. The third kappa shape index (κ3) is 5.54. The lowest BCUT2D eigenvalue weighted by atomic mass is 10.1. The Kier molecular flexibility index (Phi) is 8.43. The van der Waals surface area contributed by atoms with Gasteiger partial charge in [0.2, 0.25) is 0 Å². The molecule has 0 saturated carbocycles. The zero-order chi connectivity index (χ0) is 20.5. The molecule has 3 heterocycles. The summed E-state index contributed by atoms with van der Waals surface area (Å²) in [7, 11) is 2.21. The summed E-state index contributed by atoms with van der Waals surface area (Å²) in [5.74, 6) is 0.542. The fraction of sp³-hybridized carbons (Fsp3) is 0.421. The summed E-state index contributed by atoms with van der Waals surface area (Å²) < 4.78 is 5.82. The van der Waals surface area contributed by atoms with Crippen LogP contribution in [0.4, 0.5) is 5.69 Å². The maximum Gasteiger partial charge on any atom is 0.290 e. The fourth-order valence-corrected chi connectivity index (χ4v) is 3.80. The van der Waals surface area contributed by atoms with Crippen molar-refractivity contribution in [2.75, 3.05) is 44.8 Å². The number of fused-ring (bicyclic) bond motifs is 4. The van der Waals surface area contributed by atoms with E-state index in [1.807, 2.05) is 24.4 Å². The van der Waals surface area contributed by atoms with Gasteiger partial charge in [-0.15, -0.1) is 0 Å². The number of hydrogen-bond acceptors (Lipinski definition) is 6. The van der Waals surface area contributed by atoms with Gasteiger partial charge in [0.25, 0.3) is 12.9 Å². The number of pyridine rings is 1. The lowest BCUT2D eigenvalue weighted by Crippen LogP contribution is -2.42. The summed E-state index contributed by atoms with van der Waals surface area (Å²) in [6.45, 7) is 4.27. The van der Waals surface area contributed by atoms with Gasteiger partial charge >= 0.3 is 0 Å². The average Bonchev–Trinajstić information content (AvgIpc) is 2.91. The van der Waals surface area contributed by atoms with Crippen LogP contribution in [-0.2, 0) is 14.3 Å². The van der Waals surface area contributed by atoms with Gasteiger partial charge in [0.05, 0.1) is 24.8 Å². The zero-order valence-electron chi connectivity index (χ0n) is 15.6. The molecular formula is C19H24ClN3O5. The van der Waals surface area contributed by atoms with Crippen molar-refractivity contribution in [3.63, 3.8) is 0 Å². The lowest BCUT2D eigenvalue weighted by molar-refractivity contribution is -0.123. The number of likely N-dealkylation sites (N-methyl/N-ethyl adjacent to an activating group) is 1. The number of hydrogen-bond donors (Lipinski definition) is 2. The minimum atomic E-state index is -0.250. The molecule has 1 aromatic heterocycles. The van der Waals surface area contributed by atoms with Crippen molar-refractivity contribution in [2.45, 2.75) is 6.04 Å². The van der Waals surface area contributed by atoms with E-state index in [1.165, 1.54) is 5.69 Å². The third-order valence-corrected chi connectivity index (χ3v) is 5.00. The van der Waals surface area contributed by atoms with Gasteiger partial charge in [0.15, 0.2) is 0 Å². The van der Waals surface area contributed by atoms with E-state index in [0.717, 1.165) is 48.8 Å². The Labute approximate surface area is 168 Å². The highest BCUT2D eigenvalue weighted by Crippen LogP contribution is 2.31. The molecule has 1 aromatic carbocycles. The first kappa shape index (κ1) is 21.9. The van der Waals surface area contributed by atoms with Crippen LogP contribution in [0, 0.1) is 5.92 Å². The second-order valence-electron chi connectivity index (χ2n) is 6.60. The molecule has 2 N–H and O–H groups in total. The number of aromatic nitrogens is 1. The topological polar surface area (TPSA) is 103 Å². The van der Waals surface area contributed by atoms with Crippen molar-refractivity contribution in [2.24, 2.45) is 5.92 Å². The molecule has 2 aliphatic rings.